The molecule has 0 fully saturated rings. The highest BCUT2D eigenvalue weighted by Crippen LogP contribution is 2.37. The van der Waals surface area contributed by atoms with Crippen LogP contribution in [0.3, 0.4) is 0 Å². The molecule has 22 heavy (non-hydrogen) atoms. The lowest BCUT2D eigenvalue weighted by atomic mass is 10.1. The maximum Gasteiger partial charge on any atom is 0.180 e. The highest BCUT2D eigenvalue weighted by atomic mass is 35.5. The summed E-state index contributed by atoms with van der Waals surface area (Å²) in [7, 11) is 1.63. The van der Waals surface area contributed by atoms with Gasteiger partial charge in [-0.3, -0.25) is 0 Å². The second kappa shape index (κ2) is 8.42. The third-order valence-corrected chi connectivity index (χ3v) is 4.63. The smallest absolute Gasteiger partial charge is 0.180 e. The quantitative estimate of drug-likeness (QED) is 0.743. The Morgan fingerprint density at radius 3 is 2.82 bits per heavy atom. The lowest BCUT2D eigenvalue weighted by Crippen LogP contribution is -2.24. The minimum atomic E-state index is 0.472. The van der Waals surface area contributed by atoms with Gasteiger partial charge in [-0.25, -0.2) is 0 Å². The molecule has 5 heteroatoms. The van der Waals surface area contributed by atoms with Crippen LogP contribution in [0.25, 0.3) is 0 Å². The van der Waals surface area contributed by atoms with E-state index in [2.05, 4.69) is 19.2 Å². The van der Waals surface area contributed by atoms with Crippen LogP contribution in [-0.4, -0.2) is 13.2 Å². The molecule has 0 bridgehead atoms. The van der Waals surface area contributed by atoms with Crippen molar-refractivity contribution in [2.45, 2.75) is 39.5 Å². The minimum absolute atomic E-state index is 0.472. The van der Waals surface area contributed by atoms with E-state index in [4.69, 9.17) is 21.1 Å². The summed E-state index contributed by atoms with van der Waals surface area (Å²) in [4.78, 5) is 1.15. The molecular formula is C17H22ClNO2S. The summed E-state index contributed by atoms with van der Waals surface area (Å²) < 4.78 is 11.3. The topological polar surface area (TPSA) is 30.5 Å². The Labute approximate surface area is 141 Å². The number of halogens is 1. The number of methoxy groups -OCH3 is 1. The van der Waals surface area contributed by atoms with Gasteiger partial charge < -0.3 is 14.8 Å². The molecule has 120 valence electrons. The van der Waals surface area contributed by atoms with Gasteiger partial charge in [0.25, 0.3) is 0 Å². The first-order valence-corrected chi connectivity index (χ1v) is 8.64. The molecule has 0 saturated heterocycles. The van der Waals surface area contributed by atoms with Crippen molar-refractivity contribution in [1.82, 2.24) is 5.32 Å². The average molecular weight is 340 g/mol. The summed E-state index contributed by atoms with van der Waals surface area (Å²) >= 11 is 8.03. The lowest BCUT2D eigenvalue weighted by molar-refractivity contribution is 0.287. The zero-order valence-electron chi connectivity index (χ0n) is 13.2. The van der Waals surface area contributed by atoms with E-state index in [0.29, 0.717) is 29.2 Å². The van der Waals surface area contributed by atoms with Crippen LogP contribution in [0.2, 0.25) is 5.02 Å². The normalized spacial score (nSPS) is 12.2. The van der Waals surface area contributed by atoms with Crippen molar-refractivity contribution in [3.05, 3.63) is 45.1 Å². The Hall–Kier alpha value is -1.23. The van der Waals surface area contributed by atoms with Crippen LogP contribution < -0.4 is 14.8 Å². The molecule has 0 aliphatic heterocycles. The van der Waals surface area contributed by atoms with Gasteiger partial charge in [0.1, 0.15) is 6.61 Å². The Kier molecular flexibility index (Phi) is 6.55. The van der Waals surface area contributed by atoms with Crippen LogP contribution >= 0.6 is 22.9 Å². The first-order valence-electron chi connectivity index (χ1n) is 7.39. The molecule has 0 radical (unpaired) electrons. The van der Waals surface area contributed by atoms with E-state index >= 15 is 0 Å². The summed E-state index contributed by atoms with van der Waals surface area (Å²) in [5, 5.41) is 6.06. The zero-order chi connectivity index (χ0) is 15.9. The van der Waals surface area contributed by atoms with Crippen molar-refractivity contribution < 1.29 is 9.47 Å². The number of hydrogen-bond acceptors (Lipinski definition) is 4. The third-order valence-electron chi connectivity index (χ3n) is 3.50. The highest BCUT2D eigenvalue weighted by Gasteiger charge is 2.13. The number of nitrogens with one attached hydrogen (secondary N) is 1. The van der Waals surface area contributed by atoms with Gasteiger partial charge in [-0.2, -0.15) is 0 Å². The number of hydrogen-bond donors (Lipinski definition) is 1. The Balaban J connectivity index is 2.09. The molecular weight excluding hydrogens is 318 g/mol. The second-order valence-electron chi connectivity index (χ2n) is 5.17. The Morgan fingerprint density at radius 2 is 2.18 bits per heavy atom. The van der Waals surface area contributed by atoms with Gasteiger partial charge in [-0.05, 0) is 42.5 Å². The minimum Gasteiger partial charge on any atom is -0.493 e. The van der Waals surface area contributed by atoms with Gasteiger partial charge in [0.2, 0.25) is 0 Å². The standard InChI is InChI=1S/C17H22ClNO2S/c1-4-12(2)19-10-13-8-15(18)17(16(9-13)20-3)21-11-14-6-5-7-22-14/h5-9,12,19H,4,10-11H2,1-3H3. The van der Waals surface area contributed by atoms with E-state index in [-0.39, 0.29) is 0 Å². The number of thiophene rings is 1. The average Bonchev–Trinajstić information content (AvgIpc) is 3.04. The van der Waals surface area contributed by atoms with E-state index in [9.17, 15) is 0 Å². The molecule has 1 atom stereocenters. The third kappa shape index (κ3) is 4.63. The fourth-order valence-electron chi connectivity index (χ4n) is 1.99. The van der Waals surface area contributed by atoms with Gasteiger partial charge in [-0.15, -0.1) is 11.3 Å². The summed E-state index contributed by atoms with van der Waals surface area (Å²) in [5.74, 6) is 1.27. The summed E-state index contributed by atoms with van der Waals surface area (Å²) in [6.45, 7) is 5.58. The van der Waals surface area contributed by atoms with Crippen LogP contribution in [0, 0.1) is 0 Å². The predicted octanol–water partition coefficient (Wildman–Crippen LogP) is 4.88. The van der Waals surface area contributed by atoms with Crippen molar-refractivity contribution >= 4 is 22.9 Å². The molecule has 0 aliphatic rings. The van der Waals surface area contributed by atoms with Gasteiger partial charge in [-0.1, -0.05) is 24.6 Å². The molecule has 0 aliphatic carbocycles. The van der Waals surface area contributed by atoms with E-state index < -0.39 is 0 Å². The van der Waals surface area contributed by atoms with E-state index in [1.165, 1.54) is 0 Å². The van der Waals surface area contributed by atoms with E-state index in [1.54, 1.807) is 18.4 Å². The van der Waals surface area contributed by atoms with Crippen LogP contribution in [0.5, 0.6) is 11.5 Å². The fourth-order valence-corrected chi connectivity index (χ4v) is 2.89. The van der Waals surface area contributed by atoms with Crippen molar-refractivity contribution in [3.63, 3.8) is 0 Å². The van der Waals surface area contributed by atoms with Gasteiger partial charge >= 0.3 is 0 Å². The fraction of sp³-hybridized carbons (Fsp3) is 0.412. The lowest BCUT2D eigenvalue weighted by Gasteiger charge is -2.15. The summed E-state index contributed by atoms with van der Waals surface area (Å²) in [6, 6.07) is 8.43. The van der Waals surface area contributed by atoms with Crippen LogP contribution in [0.1, 0.15) is 30.7 Å². The van der Waals surface area contributed by atoms with Crippen molar-refractivity contribution in [1.29, 1.82) is 0 Å². The van der Waals surface area contributed by atoms with Gasteiger partial charge in [0, 0.05) is 17.5 Å². The first kappa shape index (κ1) is 17.1. The summed E-state index contributed by atoms with van der Waals surface area (Å²) in [5.41, 5.74) is 1.09. The molecule has 1 aromatic carbocycles. The largest absolute Gasteiger partial charge is 0.493 e. The van der Waals surface area contributed by atoms with Crippen LogP contribution in [0.4, 0.5) is 0 Å². The van der Waals surface area contributed by atoms with Gasteiger partial charge in [0.15, 0.2) is 11.5 Å². The first-order chi connectivity index (χ1) is 10.6. The van der Waals surface area contributed by atoms with E-state index in [0.717, 1.165) is 23.4 Å². The molecule has 2 aromatic rings. The molecule has 0 spiro atoms. The maximum absolute atomic E-state index is 6.37. The number of ether oxygens (including phenoxy) is 2. The predicted molar refractivity (Wildman–Crippen MR) is 93.2 cm³/mol. The summed E-state index contributed by atoms with van der Waals surface area (Å²) in [6.07, 6.45) is 1.09. The SMILES string of the molecule is CCC(C)NCc1cc(Cl)c(OCc2cccs2)c(OC)c1. The molecule has 1 N–H and O–H groups in total. The Morgan fingerprint density at radius 1 is 1.36 bits per heavy atom. The van der Waals surface area contributed by atoms with Crippen molar-refractivity contribution in [2.75, 3.05) is 7.11 Å². The molecule has 2 rings (SSSR count). The molecule has 1 aromatic heterocycles. The van der Waals surface area contributed by atoms with E-state index in [1.807, 2.05) is 29.6 Å². The molecule has 1 heterocycles. The molecule has 1 unspecified atom stereocenters. The van der Waals surface area contributed by atoms with Crippen molar-refractivity contribution in [3.8, 4) is 11.5 Å². The second-order valence-corrected chi connectivity index (χ2v) is 6.61. The van der Waals surface area contributed by atoms with Crippen molar-refractivity contribution in [2.24, 2.45) is 0 Å². The Bertz CT molecular complexity index is 587. The monoisotopic (exact) mass is 339 g/mol. The molecule has 0 amide bonds. The number of rotatable bonds is 8. The van der Waals surface area contributed by atoms with Crippen LogP contribution in [0.15, 0.2) is 29.6 Å². The molecule has 0 saturated carbocycles. The maximum atomic E-state index is 6.37. The number of benzene rings is 1. The zero-order valence-corrected chi connectivity index (χ0v) is 14.8. The molecule has 3 nitrogen and oxygen atoms in total. The van der Waals surface area contributed by atoms with Gasteiger partial charge in [0.05, 0.1) is 12.1 Å². The van der Waals surface area contributed by atoms with Crippen LogP contribution in [-0.2, 0) is 13.2 Å². The highest BCUT2D eigenvalue weighted by molar-refractivity contribution is 7.09.